The lowest BCUT2D eigenvalue weighted by Gasteiger charge is -2.29. The molecule has 1 fully saturated rings. The van der Waals surface area contributed by atoms with Gasteiger partial charge in [-0.3, -0.25) is 4.40 Å². The summed E-state index contributed by atoms with van der Waals surface area (Å²) >= 11 is 1.57. The highest BCUT2D eigenvalue weighted by atomic mass is 32.2. The van der Waals surface area contributed by atoms with Crippen LogP contribution in [0.5, 0.6) is 0 Å². The lowest BCUT2D eigenvalue weighted by molar-refractivity contribution is 0.0559. The number of nitrogens with one attached hydrogen (secondary N) is 1. The number of pyridine rings is 1. The molecule has 0 unspecified atom stereocenters. The summed E-state index contributed by atoms with van der Waals surface area (Å²) in [6.45, 7) is 11.2. The zero-order chi connectivity index (χ0) is 21.1. The molecule has 1 N–H and O–H groups in total. The topological polar surface area (TPSA) is 66.5 Å². The number of aromatic nitrogens is 3. The Bertz CT molecular complexity index is 1130. The molecule has 2 aromatic heterocycles. The van der Waals surface area contributed by atoms with Crippen LogP contribution < -0.4 is 0 Å². The quantitative estimate of drug-likeness (QED) is 0.473. The summed E-state index contributed by atoms with van der Waals surface area (Å²) in [5, 5.41) is 17.3. The molecule has 7 heteroatoms. The van der Waals surface area contributed by atoms with Gasteiger partial charge in [-0.1, -0.05) is 12.6 Å². The number of hydrogen-bond donors (Lipinski definition) is 1. The highest BCUT2D eigenvalue weighted by Crippen LogP contribution is 2.29. The normalized spacial score (nSPS) is 14.9. The average molecular weight is 420 g/mol. The van der Waals surface area contributed by atoms with E-state index < -0.39 is 0 Å². The number of rotatable bonds is 6. The molecule has 30 heavy (non-hydrogen) atoms. The van der Waals surface area contributed by atoms with E-state index in [0.29, 0.717) is 5.71 Å². The first kappa shape index (κ1) is 20.4. The molecule has 3 heterocycles. The minimum Gasteiger partial charge on any atom is -0.378 e. The Labute approximate surface area is 180 Å². The molecule has 3 aromatic rings. The average Bonchev–Trinajstić information content (AvgIpc) is 3.16. The van der Waals surface area contributed by atoms with Gasteiger partial charge >= 0.3 is 0 Å². The first-order valence-electron chi connectivity index (χ1n) is 9.91. The maximum atomic E-state index is 7.89. The largest absolute Gasteiger partial charge is 0.378 e. The molecular formula is C23H25N5OS. The van der Waals surface area contributed by atoms with E-state index in [1.807, 2.05) is 28.8 Å². The fourth-order valence-corrected chi connectivity index (χ4v) is 4.22. The van der Waals surface area contributed by atoms with Crippen LogP contribution in [0.4, 0.5) is 0 Å². The molecular weight excluding hydrogens is 394 g/mol. The maximum Gasteiger partial charge on any atom is 0.200 e. The third-order valence-corrected chi connectivity index (χ3v) is 6.10. The Kier molecular flexibility index (Phi) is 6.01. The van der Waals surface area contributed by atoms with Crippen LogP contribution in [-0.2, 0) is 4.74 Å². The van der Waals surface area contributed by atoms with Crippen molar-refractivity contribution in [3.8, 4) is 0 Å². The van der Waals surface area contributed by atoms with E-state index in [1.165, 1.54) is 5.56 Å². The van der Waals surface area contributed by atoms with Crippen molar-refractivity contribution in [2.45, 2.75) is 23.9 Å². The summed E-state index contributed by atoms with van der Waals surface area (Å²) in [7, 11) is 0. The summed E-state index contributed by atoms with van der Waals surface area (Å²) in [5.41, 5.74) is 5.63. The SMILES string of the molecule is C=CC(=Cc1cc(Sc2nnc3ccc(C(C)=N)cn23)ccc1C)N1CCOCC1. The van der Waals surface area contributed by atoms with Gasteiger partial charge in [-0.05, 0) is 73.2 Å². The van der Waals surface area contributed by atoms with Crippen LogP contribution in [-0.4, -0.2) is 51.5 Å². The molecule has 0 atom stereocenters. The maximum absolute atomic E-state index is 7.89. The second kappa shape index (κ2) is 8.85. The first-order chi connectivity index (χ1) is 14.5. The summed E-state index contributed by atoms with van der Waals surface area (Å²) in [5.74, 6) is 0. The second-order valence-electron chi connectivity index (χ2n) is 7.25. The van der Waals surface area contributed by atoms with Crippen LogP contribution in [0.1, 0.15) is 23.6 Å². The van der Waals surface area contributed by atoms with Crippen molar-refractivity contribution < 1.29 is 4.74 Å². The minimum atomic E-state index is 0.518. The molecule has 4 rings (SSSR count). The van der Waals surface area contributed by atoms with Gasteiger partial charge < -0.3 is 15.0 Å². The number of hydrogen-bond acceptors (Lipinski definition) is 6. The van der Waals surface area contributed by atoms with Gasteiger partial charge in [-0.2, -0.15) is 0 Å². The summed E-state index contributed by atoms with van der Waals surface area (Å²) in [4.78, 5) is 3.40. The fourth-order valence-electron chi connectivity index (χ4n) is 3.36. The van der Waals surface area contributed by atoms with Crippen molar-refractivity contribution in [2.24, 2.45) is 0 Å². The molecule has 0 amide bonds. The van der Waals surface area contributed by atoms with E-state index in [9.17, 15) is 0 Å². The van der Waals surface area contributed by atoms with Crippen molar-refractivity contribution >= 4 is 29.2 Å². The lowest BCUT2D eigenvalue weighted by Crippen LogP contribution is -2.35. The molecule has 6 nitrogen and oxygen atoms in total. The highest BCUT2D eigenvalue weighted by molar-refractivity contribution is 7.99. The lowest BCUT2D eigenvalue weighted by atomic mass is 10.1. The number of allylic oxidation sites excluding steroid dienone is 1. The molecule has 1 aliphatic heterocycles. The molecule has 0 bridgehead atoms. The van der Waals surface area contributed by atoms with Crippen LogP contribution in [0.25, 0.3) is 11.7 Å². The van der Waals surface area contributed by atoms with Crippen molar-refractivity contribution in [3.63, 3.8) is 0 Å². The molecule has 1 saturated heterocycles. The van der Waals surface area contributed by atoms with Gasteiger partial charge in [-0.15, -0.1) is 10.2 Å². The smallest absolute Gasteiger partial charge is 0.200 e. The Morgan fingerprint density at radius 2 is 2.00 bits per heavy atom. The zero-order valence-corrected chi connectivity index (χ0v) is 18.1. The molecule has 0 aliphatic carbocycles. The Morgan fingerprint density at radius 3 is 2.73 bits per heavy atom. The van der Waals surface area contributed by atoms with Gasteiger partial charge in [0, 0.05) is 41.2 Å². The van der Waals surface area contributed by atoms with Gasteiger partial charge in [-0.25, -0.2) is 0 Å². The van der Waals surface area contributed by atoms with Crippen molar-refractivity contribution in [1.82, 2.24) is 19.5 Å². The number of ether oxygens (including phenoxy) is 1. The van der Waals surface area contributed by atoms with E-state index in [4.69, 9.17) is 10.1 Å². The summed E-state index contributed by atoms with van der Waals surface area (Å²) in [6.07, 6.45) is 6.03. The summed E-state index contributed by atoms with van der Waals surface area (Å²) < 4.78 is 7.41. The molecule has 0 saturated carbocycles. The Balaban J connectivity index is 1.64. The number of fused-ring (bicyclic) bond motifs is 1. The van der Waals surface area contributed by atoms with Crippen molar-refractivity contribution in [3.05, 3.63) is 71.6 Å². The van der Waals surface area contributed by atoms with Gasteiger partial charge in [0.05, 0.1) is 13.2 Å². The number of benzene rings is 1. The zero-order valence-electron chi connectivity index (χ0n) is 17.3. The fraction of sp³-hybridized carbons (Fsp3) is 0.261. The van der Waals surface area contributed by atoms with Gasteiger partial charge in [0.25, 0.3) is 0 Å². The standard InChI is InChI=1S/C23H25N5OS/c1-4-20(27-9-11-29-12-10-27)13-19-14-21(7-5-16(19)2)30-23-26-25-22-8-6-18(17(3)24)15-28(22)23/h4-8,13-15,24H,1,9-12H2,2-3H3. The van der Waals surface area contributed by atoms with Crippen LogP contribution >= 0.6 is 11.8 Å². The van der Waals surface area contributed by atoms with Crippen LogP contribution in [0, 0.1) is 12.3 Å². The van der Waals surface area contributed by atoms with Crippen LogP contribution in [0.2, 0.25) is 0 Å². The predicted octanol–water partition coefficient (Wildman–Crippen LogP) is 4.44. The highest BCUT2D eigenvalue weighted by Gasteiger charge is 2.13. The van der Waals surface area contributed by atoms with E-state index >= 15 is 0 Å². The molecule has 1 aromatic carbocycles. The molecule has 0 radical (unpaired) electrons. The van der Waals surface area contributed by atoms with Crippen LogP contribution in [0.15, 0.2) is 64.9 Å². The number of aryl methyl sites for hydroxylation is 1. The second-order valence-corrected chi connectivity index (χ2v) is 8.29. The van der Waals surface area contributed by atoms with E-state index in [0.717, 1.165) is 58.8 Å². The molecule has 0 spiro atoms. The third-order valence-electron chi connectivity index (χ3n) is 5.15. The Hall–Kier alpha value is -2.90. The number of morpholine rings is 1. The molecule has 1 aliphatic rings. The molecule has 154 valence electrons. The van der Waals surface area contributed by atoms with Gasteiger partial charge in [0.1, 0.15) is 0 Å². The van der Waals surface area contributed by atoms with Gasteiger partial charge in [0.15, 0.2) is 10.8 Å². The monoisotopic (exact) mass is 419 g/mol. The van der Waals surface area contributed by atoms with Crippen LogP contribution in [0.3, 0.4) is 0 Å². The first-order valence-corrected chi connectivity index (χ1v) is 10.7. The van der Waals surface area contributed by atoms with Crippen molar-refractivity contribution in [2.75, 3.05) is 26.3 Å². The summed E-state index contributed by atoms with van der Waals surface area (Å²) in [6, 6.07) is 10.2. The van der Waals surface area contributed by atoms with Crippen molar-refractivity contribution in [1.29, 1.82) is 5.41 Å². The number of nitrogens with zero attached hydrogens (tertiary/aromatic N) is 4. The predicted molar refractivity (Wildman–Crippen MR) is 121 cm³/mol. The van der Waals surface area contributed by atoms with E-state index in [-0.39, 0.29) is 0 Å². The third kappa shape index (κ3) is 4.32. The van der Waals surface area contributed by atoms with E-state index in [2.05, 4.69) is 52.9 Å². The minimum absolute atomic E-state index is 0.518. The Morgan fingerprint density at radius 1 is 1.20 bits per heavy atom. The van der Waals surface area contributed by atoms with E-state index in [1.54, 1.807) is 18.7 Å². The van der Waals surface area contributed by atoms with Gasteiger partial charge in [0.2, 0.25) is 0 Å².